The van der Waals surface area contributed by atoms with E-state index in [9.17, 15) is 8.42 Å². The monoisotopic (exact) mass is 291 g/mol. The number of allylic oxidation sites excluding steroid dienone is 1. The SMILES string of the molecule is C=CCN(C/C=C/C1CC1)S(=O)(=O)c1ccc(C)cc1. The van der Waals surface area contributed by atoms with Crippen LogP contribution in [0.1, 0.15) is 18.4 Å². The summed E-state index contributed by atoms with van der Waals surface area (Å²) in [6.45, 7) is 6.31. The average Bonchev–Trinajstić information content (AvgIpc) is 3.22. The number of sulfonamides is 1. The Bertz CT molecular complexity index is 583. The zero-order valence-electron chi connectivity index (χ0n) is 11.8. The molecule has 1 aromatic rings. The molecule has 0 atom stereocenters. The Labute approximate surface area is 121 Å². The maximum Gasteiger partial charge on any atom is 0.243 e. The first-order valence-corrected chi connectivity index (χ1v) is 8.32. The first-order valence-electron chi connectivity index (χ1n) is 6.88. The summed E-state index contributed by atoms with van der Waals surface area (Å²) in [5.74, 6) is 0.655. The fourth-order valence-corrected chi connectivity index (χ4v) is 3.30. The second-order valence-electron chi connectivity index (χ2n) is 5.19. The lowest BCUT2D eigenvalue weighted by molar-refractivity contribution is 0.473. The second-order valence-corrected chi connectivity index (χ2v) is 7.13. The van der Waals surface area contributed by atoms with Gasteiger partial charge in [0.15, 0.2) is 0 Å². The summed E-state index contributed by atoms with van der Waals surface area (Å²) >= 11 is 0. The minimum absolute atomic E-state index is 0.325. The lowest BCUT2D eigenvalue weighted by Crippen LogP contribution is -2.31. The van der Waals surface area contributed by atoms with Gasteiger partial charge in [-0.05, 0) is 37.8 Å². The molecule has 1 aromatic carbocycles. The van der Waals surface area contributed by atoms with E-state index in [0.717, 1.165) is 5.56 Å². The van der Waals surface area contributed by atoms with Gasteiger partial charge in [-0.25, -0.2) is 8.42 Å². The molecule has 0 unspecified atom stereocenters. The van der Waals surface area contributed by atoms with E-state index in [-0.39, 0.29) is 0 Å². The van der Waals surface area contributed by atoms with Crippen LogP contribution in [0.4, 0.5) is 0 Å². The highest BCUT2D eigenvalue weighted by atomic mass is 32.2. The Morgan fingerprint density at radius 2 is 1.90 bits per heavy atom. The van der Waals surface area contributed by atoms with Crippen molar-refractivity contribution >= 4 is 10.0 Å². The van der Waals surface area contributed by atoms with Crippen molar-refractivity contribution in [3.8, 4) is 0 Å². The van der Waals surface area contributed by atoms with E-state index >= 15 is 0 Å². The Morgan fingerprint density at radius 3 is 2.45 bits per heavy atom. The average molecular weight is 291 g/mol. The molecule has 3 nitrogen and oxygen atoms in total. The van der Waals surface area contributed by atoms with E-state index in [0.29, 0.717) is 23.9 Å². The molecular weight excluding hydrogens is 270 g/mol. The summed E-state index contributed by atoms with van der Waals surface area (Å²) in [5, 5.41) is 0. The van der Waals surface area contributed by atoms with Gasteiger partial charge in [-0.3, -0.25) is 0 Å². The van der Waals surface area contributed by atoms with Crippen LogP contribution in [0.3, 0.4) is 0 Å². The van der Waals surface area contributed by atoms with Crippen LogP contribution < -0.4 is 0 Å². The summed E-state index contributed by atoms with van der Waals surface area (Å²) in [4.78, 5) is 0.338. The van der Waals surface area contributed by atoms with Crippen molar-refractivity contribution in [3.63, 3.8) is 0 Å². The van der Waals surface area contributed by atoms with Crippen LogP contribution in [-0.4, -0.2) is 25.8 Å². The zero-order chi connectivity index (χ0) is 14.6. The number of hydrogen-bond acceptors (Lipinski definition) is 2. The van der Waals surface area contributed by atoms with Crippen LogP contribution in [0.25, 0.3) is 0 Å². The molecule has 1 aliphatic carbocycles. The van der Waals surface area contributed by atoms with Gasteiger partial charge in [0, 0.05) is 13.1 Å². The van der Waals surface area contributed by atoms with Gasteiger partial charge in [0.1, 0.15) is 0 Å². The molecule has 0 heterocycles. The highest BCUT2D eigenvalue weighted by Gasteiger charge is 2.23. The van der Waals surface area contributed by atoms with Gasteiger partial charge in [0.05, 0.1) is 4.90 Å². The summed E-state index contributed by atoms with van der Waals surface area (Å²) in [5.41, 5.74) is 1.05. The van der Waals surface area contributed by atoms with Gasteiger partial charge >= 0.3 is 0 Å². The smallest absolute Gasteiger partial charge is 0.207 e. The fourth-order valence-electron chi connectivity index (χ4n) is 1.93. The van der Waals surface area contributed by atoms with Gasteiger partial charge in [-0.2, -0.15) is 4.31 Å². The number of hydrogen-bond donors (Lipinski definition) is 0. The number of benzene rings is 1. The maximum atomic E-state index is 12.6. The van der Waals surface area contributed by atoms with E-state index in [1.54, 1.807) is 18.2 Å². The van der Waals surface area contributed by atoms with Crippen LogP contribution in [0, 0.1) is 12.8 Å². The molecule has 0 saturated heterocycles. The van der Waals surface area contributed by atoms with Crippen LogP contribution in [0.15, 0.2) is 54.0 Å². The topological polar surface area (TPSA) is 37.4 Å². The van der Waals surface area contributed by atoms with Crippen molar-refractivity contribution in [2.24, 2.45) is 5.92 Å². The highest BCUT2D eigenvalue weighted by molar-refractivity contribution is 7.89. The van der Waals surface area contributed by atoms with Crippen molar-refractivity contribution in [1.82, 2.24) is 4.31 Å². The molecule has 0 amide bonds. The van der Waals surface area contributed by atoms with Crippen LogP contribution in [0.2, 0.25) is 0 Å². The van der Waals surface area contributed by atoms with Gasteiger partial charge in [-0.1, -0.05) is 35.9 Å². The van der Waals surface area contributed by atoms with E-state index in [1.807, 2.05) is 25.1 Å². The first-order chi connectivity index (χ1) is 9.54. The number of nitrogens with zero attached hydrogens (tertiary/aromatic N) is 1. The lowest BCUT2D eigenvalue weighted by Gasteiger charge is -2.19. The second kappa shape index (κ2) is 6.37. The molecule has 0 aliphatic heterocycles. The Hall–Kier alpha value is -1.39. The number of rotatable bonds is 7. The van der Waals surface area contributed by atoms with Gasteiger partial charge in [0.2, 0.25) is 10.0 Å². The molecular formula is C16H21NO2S. The van der Waals surface area contributed by atoms with E-state index in [4.69, 9.17) is 0 Å². The van der Waals surface area contributed by atoms with Gasteiger partial charge in [-0.15, -0.1) is 6.58 Å². The Kier molecular flexibility index (Phi) is 4.78. The van der Waals surface area contributed by atoms with E-state index < -0.39 is 10.0 Å². The van der Waals surface area contributed by atoms with Crippen molar-refractivity contribution in [1.29, 1.82) is 0 Å². The number of aryl methyl sites for hydroxylation is 1. The highest BCUT2D eigenvalue weighted by Crippen LogP contribution is 2.30. The molecule has 4 heteroatoms. The largest absolute Gasteiger partial charge is 0.243 e. The lowest BCUT2D eigenvalue weighted by atomic mass is 10.2. The van der Waals surface area contributed by atoms with E-state index in [2.05, 4.69) is 12.7 Å². The molecule has 0 aromatic heterocycles. The predicted octanol–water partition coefficient (Wildman–Crippen LogP) is 3.14. The van der Waals surface area contributed by atoms with Crippen molar-refractivity contribution < 1.29 is 8.42 Å². The third kappa shape index (κ3) is 3.81. The molecule has 0 bridgehead atoms. The minimum Gasteiger partial charge on any atom is -0.207 e. The summed E-state index contributed by atoms with van der Waals surface area (Å²) in [6, 6.07) is 6.95. The normalized spacial score (nSPS) is 15.9. The standard InChI is InChI=1S/C16H21NO2S/c1-3-12-17(13-4-5-15-8-9-15)20(18,19)16-10-6-14(2)7-11-16/h3-7,10-11,15H,1,8-9,12-13H2,2H3/b5-4+. The molecule has 108 valence electrons. The van der Waals surface area contributed by atoms with Crippen LogP contribution in [-0.2, 0) is 10.0 Å². The summed E-state index contributed by atoms with van der Waals surface area (Å²) in [7, 11) is -3.45. The Morgan fingerprint density at radius 1 is 1.25 bits per heavy atom. The third-order valence-electron chi connectivity index (χ3n) is 3.33. The van der Waals surface area contributed by atoms with Crippen LogP contribution >= 0.6 is 0 Å². The van der Waals surface area contributed by atoms with Gasteiger partial charge < -0.3 is 0 Å². The summed E-state index contributed by atoms with van der Waals surface area (Å²) < 4.78 is 26.6. The molecule has 2 rings (SSSR count). The predicted molar refractivity (Wildman–Crippen MR) is 82.0 cm³/mol. The molecule has 1 aliphatic rings. The maximum absolute atomic E-state index is 12.6. The molecule has 0 radical (unpaired) electrons. The van der Waals surface area contributed by atoms with Crippen LogP contribution in [0.5, 0.6) is 0 Å². The molecule has 1 fully saturated rings. The summed E-state index contributed by atoms with van der Waals surface area (Å²) in [6.07, 6.45) is 8.13. The quantitative estimate of drug-likeness (QED) is 0.724. The molecule has 0 N–H and O–H groups in total. The zero-order valence-corrected chi connectivity index (χ0v) is 12.6. The van der Waals surface area contributed by atoms with Crippen molar-refractivity contribution in [2.75, 3.05) is 13.1 Å². The van der Waals surface area contributed by atoms with Gasteiger partial charge in [0.25, 0.3) is 0 Å². The van der Waals surface area contributed by atoms with Crippen molar-refractivity contribution in [2.45, 2.75) is 24.7 Å². The Balaban J connectivity index is 2.16. The third-order valence-corrected chi connectivity index (χ3v) is 5.18. The van der Waals surface area contributed by atoms with Crippen molar-refractivity contribution in [3.05, 3.63) is 54.6 Å². The molecule has 20 heavy (non-hydrogen) atoms. The minimum atomic E-state index is -3.45. The molecule has 1 saturated carbocycles. The van der Waals surface area contributed by atoms with E-state index in [1.165, 1.54) is 17.1 Å². The fraction of sp³-hybridized carbons (Fsp3) is 0.375. The molecule has 0 spiro atoms. The first kappa shape index (κ1) is 15.0.